The number of carboxylic acids is 4. The third kappa shape index (κ3) is 3.97. The van der Waals surface area contributed by atoms with Gasteiger partial charge >= 0.3 is 29.8 Å². The summed E-state index contributed by atoms with van der Waals surface area (Å²) in [6.07, 6.45) is 0.565. The lowest BCUT2D eigenvalue weighted by Gasteiger charge is -2.34. The van der Waals surface area contributed by atoms with Crippen molar-refractivity contribution >= 4 is 29.8 Å². The van der Waals surface area contributed by atoms with Crippen LogP contribution in [0.2, 0.25) is 0 Å². The average Bonchev–Trinajstić information content (AvgIpc) is 2.52. The first-order valence-electron chi connectivity index (χ1n) is 7.14. The lowest BCUT2D eigenvalue weighted by atomic mass is 9.67. The summed E-state index contributed by atoms with van der Waals surface area (Å²) >= 11 is 0. The van der Waals surface area contributed by atoms with Gasteiger partial charge in [-0.15, -0.1) is 0 Å². The highest BCUT2D eigenvalue weighted by Gasteiger charge is 2.51. The van der Waals surface area contributed by atoms with E-state index in [1.165, 1.54) is 6.92 Å². The molecule has 10 nitrogen and oxygen atoms in total. The molecular formula is C16H16O10. The number of esters is 1. The minimum atomic E-state index is -2.31. The molecule has 140 valence electrons. The number of ether oxygens (including phenoxy) is 1. The Kier molecular flexibility index (Phi) is 6.06. The van der Waals surface area contributed by atoms with E-state index in [9.17, 15) is 39.3 Å². The van der Waals surface area contributed by atoms with Gasteiger partial charge in [-0.25, -0.2) is 14.4 Å². The Labute approximate surface area is 146 Å². The minimum Gasteiger partial charge on any atom is -0.481 e. The molecule has 26 heavy (non-hydrogen) atoms. The molecule has 0 radical (unpaired) electrons. The maximum atomic E-state index is 11.8. The molecule has 10 heteroatoms. The van der Waals surface area contributed by atoms with Gasteiger partial charge in [-0.05, 0) is 6.92 Å². The molecule has 0 amide bonds. The summed E-state index contributed by atoms with van der Waals surface area (Å²) < 4.78 is 4.77. The molecule has 1 aliphatic rings. The van der Waals surface area contributed by atoms with E-state index in [1.54, 1.807) is 0 Å². The SMILES string of the molecule is C=C(C)C(=O)OCCC1(C(=O)O)C=C(C(=O)O)C(C(=O)O)=CC1C(=O)O. The fourth-order valence-electron chi connectivity index (χ4n) is 2.45. The Balaban J connectivity index is 3.41. The van der Waals surface area contributed by atoms with E-state index in [0.29, 0.717) is 12.2 Å². The third-order valence-electron chi connectivity index (χ3n) is 3.80. The van der Waals surface area contributed by atoms with Crippen molar-refractivity contribution in [1.29, 1.82) is 0 Å². The van der Waals surface area contributed by atoms with Crippen LogP contribution < -0.4 is 0 Å². The van der Waals surface area contributed by atoms with Crippen LogP contribution in [0.3, 0.4) is 0 Å². The highest BCUT2D eigenvalue weighted by atomic mass is 16.5. The Morgan fingerprint density at radius 2 is 1.62 bits per heavy atom. The number of carbonyl (C=O) groups is 5. The standard InChI is InChI=1S/C16H16O10/c1-7(2)14(23)26-4-3-16(15(24)25)6-9(12(19)20)8(11(17)18)5-10(16)13(21)22/h5-6,10H,1,3-4H2,2H3,(H,17,18)(H,19,20)(H,21,22)(H,24,25). The van der Waals surface area contributed by atoms with Crippen molar-refractivity contribution in [3.63, 3.8) is 0 Å². The highest BCUT2D eigenvalue weighted by molar-refractivity contribution is 6.08. The van der Waals surface area contributed by atoms with Gasteiger partial charge in [0.05, 0.1) is 23.7 Å². The van der Waals surface area contributed by atoms with E-state index in [4.69, 9.17) is 9.84 Å². The van der Waals surface area contributed by atoms with Crippen molar-refractivity contribution in [2.45, 2.75) is 13.3 Å². The summed E-state index contributed by atoms with van der Waals surface area (Å²) in [7, 11) is 0. The second-order valence-corrected chi connectivity index (χ2v) is 5.58. The predicted octanol–water partition coefficient (Wildman–Crippen LogP) is 0.303. The molecule has 0 aromatic carbocycles. The molecule has 0 saturated carbocycles. The molecule has 1 rings (SSSR count). The Hall–Kier alpha value is -3.43. The fraction of sp³-hybridized carbons (Fsp3) is 0.312. The molecule has 0 aromatic rings. The molecular weight excluding hydrogens is 352 g/mol. The van der Waals surface area contributed by atoms with Gasteiger partial charge in [0.1, 0.15) is 5.41 Å². The van der Waals surface area contributed by atoms with Crippen molar-refractivity contribution in [1.82, 2.24) is 0 Å². The van der Waals surface area contributed by atoms with Gasteiger partial charge in [-0.2, -0.15) is 0 Å². The fourth-order valence-corrected chi connectivity index (χ4v) is 2.45. The number of aliphatic carboxylic acids is 4. The van der Waals surface area contributed by atoms with Gasteiger partial charge in [0.2, 0.25) is 0 Å². The molecule has 0 spiro atoms. The first-order chi connectivity index (χ1) is 11.9. The summed E-state index contributed by atoms with van der Waals surface area (Å²) in [4.78, 5) is 57.3. The third-order valence-corrected chi connectivity index (χ3v) is 3.80. The largest absolute Gasteiger partial charge is 0.481 e. The lowest BCUT2D eigenvalue weighted by Crippen LogP contribution is -2.44. The summed E-state index contributed by atoms with van der Waals surface area (Å²) in [6.45, 7) is 4.14. The van der Waals surface area contributed by atoms with E-state index in [0.717, 1.165) is 0 Å². The number of carbonyl (C=O) groups excluding carboxylic acids is 1. The van der Waals surface area contributed by atoms with Crippen molar-refractivity contribution in [2.75, 3.05) is 6.61 Å². The van der Waals surface area contributed by atoms with Crippen molar-refractivity contribution in [3.8, 4) is 0 Å². The zero-order valence-corrected chi connectivity index (χ0v) is 13.6. The second-order valence-electron chi connectivity index (χ2n) is 5.58. The van der Waals surface area contributed by atoms with Crippen LogP contribution in [-0.2, 0) is 28.7 Å². The van der Waals surface area contributed by atoms with Gasteiger partial charge in [-0.1, -0.05) is 18.7 Å². The maximum Gasteiger partial charge on any atom is 0.336 e. The van der Waals surface area contributed by atoms with Crippen LogP contribution in [0.4, 0.5) is 0 Å². The quantitative estimate of drug-likeness (QED) is 0.344. The molecule has 4 N–H and O–H groups in total. The van der Waals surface area contributed by atoms with Crippen LogP contribution >= 0.6 is 0 Å². The first kappa shape index (κ1) is 20.6. The summed E-state index contributed by atoms with van der Waals surface area (Å²) in [5.41, 5.74) is -3.97. The van der Waals surface area contributed by atoms with Gasteiger partial charge in [0.15, 0.2) is 0 Å². The smallest absolute Gasteiger partial charge is 0.336 e. The molecule has 0 heterocycles. The summed E-state index contributed by atoms with van der Waals surface area (Å²) in [5.74, 6) is -9.52. The van der Waals surface area contributed by atoms with Crippen molar-refractivity contribution in [2.24, 2.45) is 11.3 Å². The zero-order chi connectivity index (χ0) is 20.2. The Bertz CT molecular complexity index is 757. The minimum absolute atomic E-state index is 0.0302. The molecule has 1 aliphatic carbocycles. The normalized spacial score (nSPS) is 21.8. The van der Waals surface area contributed by atoms with Crippen LogP contribution in [0.5, 0.6) is 0 Å². The average molecular weight is 368 g/mol. The maximum absolute atomic E-state index is 11.8. The molecule has 0 fully saturated rings. The van der Waals surface area contributed by atoms with Crippen LogP contribution in [-0.4, -0.2) is 56.9 Å². The van der Waals surface area contributed by atoms with Crippen LogP contribution in [0.25, 0.3) is 0 Å². The molecule has 0 aromatic heterocycles. The predicted molar refractivity (Wildman–Crippen MR) is 83.0 cm³/mol. The monoisotopic (exact) mass is 368 g/mol. The highest BCUT2D eigenvalue weighted by Crippen LogP contribution is 2.42. The van der Waals surface area contributed by atoms with Crippen LogP contribution in [0.15, 0.2) is 35.5 Å². The van der Waals surface area contributed by atoms with Crippen molar-refractivity contribution in [3.05, 3.63) is 35.5 Å². The molecule has 0 aliphatic heterocycles. The van der Waals surface area contributed by atoms with Gasteiger partial charge in [-0.3, -0.25) is 9.59 Å². The van der Waals surface area contributed by atoms with E-state index in [-0.39, 0.29) is 5.57 Å². The zero-order valence-electron chi connectivity index (χ0n) is 13.6. The Morgan fingerprint density at radius 3 is 2.00 bits per heavy atom. The second kappa shape index (κ2) is 7.64. The van der Waals surface area contributed by atoms with E-state index in [2.05, 4.69) is 6.58 Å². The number of rotatable bonds is 8. The molecule has 0 saturated heterocycles. The lowest BCUT2D eigenvalue weighted by molar-refractivity contribution is -0.159. The van der Waals surface area contributed by atoms with E-state index < -0.39 is 65.4 Å². The van der Waals surface area contributed by atoms with E-state index in [1.807, 2.05) is 0 Å². The van der Waals surface area contributed by atoms with Gasteiger partial charge in [0.25, 0.3) is 0 Å². The molecule has 2 atom stereocenters. The molecule has 0 bridgehead atoms. The first-order valence-corrected chi connectivity index (χ1v) is 7.14. The van der Waals surface area contributed by atoms with E-state index >= 15 is 0 Å². The molecule has 2 unspecified atom stereocenters. The van der Waals surface area contributed by atoms with Gasteiger partial charge in [0, 0.05) is 12.0 Å². The van der Waals surface area contributed by atoms with Crippen molar-refractivity contribution < 1.29 is 49.1 Å². The van der Waals surface area contributed by atoms with Crippen LogP contribution in [0.1, 0.15) is 13.3 Å². The summed E-state index contributed by atoms with van der Waals surface area (Å²) in [5, 5.41) is 37.2. The Morgan fingerprint density at radius 1 is 1.08 bits per heavy atom. The summed E-state index contributed by atoms with van der Waals surface area (Å²) in [6, 6.07) is 0. The topological polar surface area (TPSA) is 176 Å². The van der Waals surface area contributed by atoms with Crippen LogP contribution in [0, 0.1) is 11.3 Å². The number of hydrogen-bond donors (Lipinski definition) is 4. The van der Waals surface area contributed by atoms with Gasteiger partial charge < -0.3 is 25.2 Å². The number of carboxylic acid groups (broad SMARTS) is 4. The number of hydrogen-bond acceptors (Lipinski definition) is 6.